The quantitative estimate of drug-likeness (QED) is 0.543. The first-order chi connectivity index (χ1) is 13.6. The SMILES string of the molecule is COC(=O)C[C@H](c1c(O)nc2ccccn2c1=O)c1cccc2nccnc12. The molecule has 3 aromatic heterocycles. The first kappa shape index (κ1) is 17.6. The van der Waals surface area contributed by atoms with Gasteiger partial charge >= 0.3 is 5.97 Å². The zero-order valence-electron chi connectivity index (χ0n) is 14.9. The van der Waals surface area contributed by atoms with Gasteiger partial charge in [0.1, 0.15) is 5.65 Å². The van der Waals surface area contributed by atoms with Gasteiger partial charge in [0.2, 0.25) is 5.88 Å². The van der Waals surface area contributed by atoms with Crippen LogP contribution in [-0.2, 0) is 9.53 Å². The molecule has 0 spiro atoms. The molecule has 1 atom stereocenters. The second-order valence-electron chi connectivity index (χ2n) is 6.19. The zero-order chi connectivity index (χ0) is 19.7. The van der Waals surface area contributed by atoms with E-state index in [1.165, 1.54) is 17.7 Å². The minimum atomic E-state index is -0.801. The van der Waals surface area contributed by atoms with Gasteiger partial charge in [-0.2, -0.15) is 4.98 Å². The molecule has 8 heteroatoms. The molecule has 1 N–H and O–H groups in total. The number of hydrogen-bond acceptors (Lipinski definition) is 7. The number of aromatic hydroxyl groups is 1. The van der Waals surface area contributed by atoms with E-state index >= 15 is 0 Å². The lowest BCUT2D eigenvalue weighted by atomic mass is 9.88. The molecule has 0 saturated carbocycles. The van der Waals surface area contributed by atoms with Crippen LogP contribution in [0.5, 0.6) is 5.88 Å². The lowest BCUT2D eigenvalue weighted by Gasteiger charge is -2.18. The topological polar surface area (TPSA) is 107 Å². The average Bonchev–Trinajstić information content (AvgIpc) is 2.72. The summed E-state index contributed by atoms with van der Waals surface area (Å²) in [5.41, 5.74) is 1.59. The Balaban J connectivity index is 2.01. The summed E-state index contributed by atoms with van der Waals surface area (Å²) in [6, 6.07) is 10.3. The van der Waals surface area contributed by atoms with Crippen LogP contribution in [0.4, 0.5) is 0 Å². The number of benzene rings is 1. The average molecular weight is 376 g/mol. The van der Waals surface area contributed by atoms with E-state index in [-0.39, 0.29) is 12.0 Å². The van der Waals surface area contributed by atoms with Gasteiger partial charge in [0.05, 0.1) is 30.1 Å². The fourth-order valence-corrected chi connectivity index (χ4v) is 3.31. The standard InChI is InChI=1S/C20H16N4O4/c1-28-16(25)11-13(12-5-4-6-14-18(12)22-9-8-21-14)17-19(26)23-15-7-2-3-10-24(15)20(17)27/h2-10,13,26H,11H2,1H3/t13-/m0/s1. The van der Waals surface area contributed by atoms with Crippen molar-refractivity contribution < 1.29 is 14.6 Å². The van der Waals surface area contributed by atoms with Gasteiger partial charge in [0, 0.05) is 24.5 Å². The van der Waals surface area contributed by atoms with Crippen molar-refractivity contribution in [3.8, 4) is 5.88 Å². The second-order valence-corrected chi connectivity index (χ2v) is 6.19. The third-order valence-electron chi connectivity index (χ3n) is 4.60. The molecule has 4 aromatic rings. The summed E-state index contributed by atoms with van der Waals surface area (Å²) in [6.07, 6.45) is 4.50. The van der Waals surface area contributed by atoms with E-state index in [4.69, 9.17) is 4.74 Å². The number of pyridine rings is 1. The van der Waals surface area contributed by atoms with Gasteiger partial charge in [-0.15, -0.1) is 0 Å². The molecule has 0 radical (unpaired) electrons. The van der Waals surface area contributed by atoms with E-state index in [9.17, 15) is 14.7 Å². The van der Waals surface area contributed by atoms with Crippen molar-refractivity contribution in [2.45, 2.75) is 12.3 Å². The highest BCUT2D eigenvalue weighted by Crippen LogP contribution is 2.34. The molecule has 0 saturated heterocycles. The third-order valence-corrected chi connectivity index (χ3v) is 4.60. The van der Waals surface area contributed by atoms with Crippen LogP contribution in [0, 0.1) is 0 Å². The van der Waals surface area contributed by atoms with Crippen LogP contribution in [-0.4, -0.2) is 37.5 Å². The van der Waals surface area contributed by atoms with Gasteiger partial charge < -0.3 is 9.84 Å². The fraction of sp³-hybridized carbons (Fsp3) is 0.150. The molecular weight excluding hydrogens is 360 g/mol. The highest BCUT2D eigenvalue weighted by molar-refractivity contribution is 5.80. The molecule has 0 aliphatic rings. The van der Waals surface area contributed by atoms with Crippen LogP contribution in [0.15, 0.2) is 59.8 Å². The Morgan fingerprint density at radius 1 is 1.18 bits per heavy atom. The summed E-state index contributed by atoms with van der Waals surface area (Å²) in [5.74, 6) is -1.75. The van der Waals surface area contributed by atoms with Crippen LogP contribution in [0.25, 0.3) is 16.7 Å². The van der Waals surface area contributed by atoms with Crippen LogP contribution in [0.3, 0.4) is 0 Å². The summed E-state index contributed by atoms with van der Waals surface area (Å²) in [5, 5.41) is 10.6. The highest BCUT2D eigenvalue weighted by atomic mass is 16.5. The van der Waals surface area contributed by atoms with Gasteiger partial charge in [0.15, 0.2) is 0 Å². The van der Waals surface area contributed by atoms with Crippen molar-refractivity contribution in [3.63, 3.8) is 0 Å². The Kier molecular flexibility index (Phi) is 4.44. The number of fused-ring (bicyclic) bond motifs is 2. The molecule has 0 bridgehead atoms. The number of nitrogens with zero attached hydrogens (tertiary/aromatic N) is 4. The summed E-state index contributed by atoms with van der Waals surface area (Å²) in [4.78, 5) is 38.0. The van der Waals surface area contributed by atoms with Crippen LogP contribution in [0.2, 0.25) is 0 Å². The van der Waals surface area contributed by atoms with Crippen LogP contribution in [0.1, 0.15) is 23.5 Å². The number of aromatic nitrogens is 4. The predicted molar refractivity (Wildman–Crippen MR) is 101 cm³/mol. The van der Waals surface area contributed by atoms with Gasteiger partial charge in [-0.25, -0.2) is 0 Å². The molecule has 140 valence electrons. The lowest BCUT2D eigenvalue weighted by molar-refractivity contribution is -0.140. The smallest absolute Gasteiger partial charge is 0.306 e. The van der Waals surface area contributed by atoms with Crippen molar-refractivity contribution in [1.29, 1.82) is 0 Å². The summed E-state index contributed by atoms with van der Waals surface area (Å²) in [6.45, 7) is 0. The van der Waals surface area contributed by atoms with Gasteiger partial charge in [-0.3, -0.25) is 24.0 Å². The van der Waals surface area contributed by atoms with E-state index in [1.54, 1.807) is 48.8 Å². The Hall–Kier alpha value is -3.81. The van der Waals surface area contributed by atoms with Crippen LogP contribution < -0.4 is 5.56 Å². The molecule has 0 aliphatic carbocycles. The van der Waals surface area contributed by atoms with Crippen molar-refractivity contribution in [1.82, 2.24) is 19.4 Å². The van der Waals surface area contributed by atoms with Crippen LogP contribution >= 0.6 is 0 Å². The maximum absolute atomic E-state index is 13.1. The number of rotatable bonds is 4. The van der Waals surface area contributed by atoms with Gasteiger partial charge in [-0.1, -0.05) is 18.2 Å². The summed E-state index contributed by atoms with van der Waals surface area (Å²) < 4.78 is 6.15. The number of methoxy groups -OCH3 is 1. The normalized spacial score (nSPS) is 12.2. The Labute approximate surface area is 159 Å². The molecule has 0 amide bonds. The van der Waals surface area contributed by atoms with E-state index in [0.717, 1.165) is 0 Å². The molecular formula is C20H16N4O4. The number of esters is 1. The molecule has 8 nitrogen and oxygen atoms in total. The maximum Gasteiger partial charge on any atom is 0.306 e. The second kappa shape index (κ2) is 7.07. The first-order valence-electron chi connectivity index (χ1n) is 8.57. The molecule has 4 rings (SSSR count). The van der Waals surface area contributed by atoms with E-state index in [0.29, 0.717) is 22.2 Å². The molecule has 0 fully saturated rings. The largest absolute Gasteiger partial charge is 0.493 e. The molecule has 0 aliphatic heterocycles. The third kappa shape index (κ3) is 2.94. The van der Waals surface area contributed by atoms with E-state index in [2.05, 4.69) is 15.0 Å². The van der Waals surface area contributed by atoms with Gasteiger partial charge in [0.25, 0.3) is 5.56 Å². The fourth-order valence-electron chi connectivity index (χ4n) is 3.31. The Bertz CT molecular complexity index is 1250. The number of hydrogen-bond donors (Lipinski definition) is 1. The molecule has 0 unspecified atom stereocenters. The Morgan fingerprint density at radius 2 is 2.00 bits per heavy atom. The summed E-state index contributed by atoms with van der Waals surface area (Å²) in [7, 11) is 1.27. The summed E-state index contributed by atoms with van der Waals surface area (Å²) >= 11 is 0. The minimum Gasteiger partial charge on any atom is -0.493 e. The number of carbonyl (C=O) groups is 1. The number of ether oxygens (including phenoxy) is 1. The van der Waals surface area contributed by atoms with Crippen molar-refractivity contribution in [2.75, 3.05) is 7.11 Å². The predicted octanol–water partition coefficient (Wildman–Crippen LogP) is 2.04. The maximum atomic E-state index is 13.1. The Morgan fingerprint density at radius 3 is 2.82 bits per heavy atom. The highest BCUT2D eigenvalue weighted by Gasteiger charge is 2.28. The minimum absolute atomic E-state index is 0.00672. The van der Waals surface area contributed by atoms with Crippen molar-refractivity contribution in [2.24, 2.45) is 0 Å². The first-order valence-corrected chi connectivity index (χ1v) is 8.57. The zero-order valence-corrected chi connectivity index (χ0v) is 14.9. The van der Waals surface area contributed by atoms with E-state index < -0.39 is 23.3 Å². The molecule has 28 heavy (non-hydrogen) atoms. The van der Waals surface area contributed by atoms with Crippen molar-refractivity contribution >= 4 is 22.6 Å². The monoisotopic (exact) mass is 376 g/mol. The van der Waals surface area contributed by atoms with E-state index in [1.807, 2.05) is 0 Å². The van der Waals surface area contributed by atoms with Gasteiger partial charge in [-0.05, 0) is 23.8 Å². The molecule has 3 heterocycles. The van der Waals surface area contributed by atoms with Crippen molar-refractivity contribution in [3.05, 3.63) is 76.5 Å². The lowest BCUT2D eigenvalue weighted by Crippen LogP contribution is -2.24. The number of carbonyl (C=O) groups excluding carboxylic acids is 1. The number of para-hydroxylation sites is 1. The molecule has 1 aromatic carbocycles.